The molecule has 7 rings (SSSR count). The molecular weight excluding hydrogens is 490 g/mol. The van der Waals surface area contributed by atoms with Gasteiger partial charge in [0.05, 0.1) is 56.9 Å². The molecule has 2 aromatic heterocycles. The lowest BCUT2D eigenvalue weighted by atomic mass is 9.94. The second-order valence-electron chi connectivity index (χ2n) is 9.48. The number of nitriles is 2. The molecule has 0 fully saturated rings. The number of hydrogen-bond acceptors (Lipinski definition) is 5. The van der Waals surface area contributed by atoms with Crippen LogP contribution < -0.4 is 0 Å². The third-order valence-electron chi connectivity index (χ3n) is 7.08. The van der Waals surface area contributed by atoms with E-state index < -0.39 is 0 Å². The van der Waals surface area contributed by atoms with Crippen LogP contribution in [0.4, 0.5) is 0 Å². The van der Waals surface area contributed by atoms with E-state index in [2.05, 4.69) is 12.1 Å². The molecule has 0 amide bonds. The van der Waals surface area contributed by atoms with Gasteiger partial charge in [-0.05, 0) is 24.3 Å². The molecule has 0 radical (unpaired) electrons. The van der Waals surface area contributed by atoms with Crippen LogP contribution in [0.25, 0.3) is 66.5 Å². The number of fused-ring (bicyclic) bond motifs is 5. The van der Waals surface area contributed by atoms with Crippen molar-refractivity contribution in [3.63, 3.8) is 0 Å². The Balaban J connectivity index is 1.71. The highest BCUT2D eigenvalue weighted by Gasteiger charge is 2.21. The van der Waals surface area contributed by atoms with E-state index >= 15 is 0 Å². The fraction of sp³-hybridized carbons (Fsp3) is 0. The van der Waals surface area contributed by atoms with Crippen LogP contribution in [0.1, 0.15) is 11.1 Å². The Hall–Kier alpha value is -5.91. The highest BCUT2D eigenvalue weighted by Crippen LogP contribution is 2.40. The van der Waals surface area contributed by atoms with Crippen LogP contribution in [0.15, 0.2) is 115 Å². The number of rotatable bonds is 3. The number of hydrogen-bond donors (Lipinski definition) is 0. The van der Waals surface area contributed by atoms with Gasteiger partial charge in [0.25, 0.3) is 0 Å². The normalized spacial score (nSPS) is 10.9. The summed E-state index contributed by atoms with van der Waals surface area (Å²) in [6.45, 7) is 0. The lowest BCUT2D eigenvalue weighted by Crippen LogP contribution is -2.00. The second-order valence-corrected chi connectivity index (χ2v) is 9.48. The van der Waals surface area contributed by atoms with Crippen LogP contribution in [0.3, 0.4) is 0 Å². The summed E-state index contributed by atoms with van der Waals surface area (Å²) >= 11 is 0. The minimum atomic E-state index is 0.500. The maximum absolute atomic E-state index is 10.4. The Morgan fingerprint density at radius 3 is 1.80 bits per heavy atom. The summed E-state index contributed by atoms with van der Waals surface area (Å²) < 4.78 is 0. The van der Waals surface area contributed by atoms with Gasteiger partial charge in [0, 0.05) is 32.8 Å². The predicted molar refractivity (Wildman–Crippen MR) is 158 cm³/mol. The SMILES string of the molecule is N#Cc1cccc(-c2nc3ccccc3c3c(C#N)cc4nc(-c5ccccc5)c(-c5ccccc5)nc4c23)c1. The lowest BCUT2D eigenvalue weighted by molar-refractivity contribution is 1.29. The zero-order valence-electron chi connectivity index (χ0n) is 21.2. The first-order chi connectivity index (χ1) is 19.7. The van der Waals surface area contributed by atoms with E-state index in [0.717, 1.165) is 49.8 Å². The average Bonchev–Trinajstić information content (AvgIpc) is 3.04. The molecule has 40 heavy (non-hydrogen) atoms. The van der Waals surface area contributed by atoms with Crippen LogP contribution in [0.5, 0.6) is 0 Å². The smallest absolute Gasteiger partial charge is 0.0999 e. The third-order valence-corrected chi connectivity index (χ3v) is 7.08. The summed E-state index contributed by atoms with van der Waals surface area (Å²) in [7, 11) is 0. The Morgan fingerprint density at radius 2 is 1.10 bits per heavy atom. The van der Waals surface area contributed by atoms with Gasteiger partial charge in [-0.1, -0.05) is 91.0 Å². The Bertz CT molecular complexity index is 2170. The summed E-state index contributed by atoms with van der Waals surface area (Å²) in [4.78, 5) is 15.5. The molecule has 0 bridgehead atoms. The molecule has 5 heteroatoms. The van der Waals surface area contributed by atoms with Gasteiger partial charge < -0.3 is 0 Å². The highest BCUT2D eigenvalue weighted by molar-refractivity contribution is 6.22. The van der Waals surface area contributed by atoms with Gasteiger partial charge in [0.2, 0.25) is 0 Å². The summed E-state index contributed by atoms with van der Waals surface area (Å²) in [5, 5.41) is 22.4. The van der Waals surface area contributed by atoms with Crippen LogP contribution in [0.2, 0.25) is 0 Å². The summed E-state index contributed by atoms with van der Waals surface area (Å²) in [6.07, 6.45) is 0. The molecule has 5 aromatic carbocycles. The van der Waals surface area contributed by atoms with Crippen molar-refractivity contribution < 1.29 is 0 Å². The van der Waals surface area contributed by atoms with Crippen molar-refractivity contribution in [3.8, 4) is 45.9 Å². The number of nitrogens with zero attached hydrogens (tertiary/aromatic N) is 5. The van der Waals surface area contributed by atoms with E-state index in [4.69, 9.17) is 15.0 Å². The maximum Gasteiger partial charge on any atom is 0.0999 e. The maximum atomic E-state index is 10.4. The molecule has 0 atom stereocenters. The molecule has 7 aromatic rings. The highest BCUT2D eigenvalue weighted by atomic mass is 14.8. The molecule has 0 aliphatic heterocycles. The summed E-state index contributed by atoms with van der Waals surface area (Å²) in [5.41, 5.74) is 7.86. The summed E-state index contributed by atoms with van der Waals surface area (Å²) in [5.74, 6) is 0. The van der Waals surface area contributed by atoms with Gasteiger partial charge in [-0.3, -0.25) is 0 Å². The van der Waals surface area contributed by atoms with E-state index in [1.807, 2.05) is 109 Å². The molecule has 0 unspecified atom stereocenters. The van der Waals surface area contributed by atoms with Crippen LogP contribution in [-0.4, -0.2) is 15.0 Å². The molecule has 184 valence electrons. The molecule has 0 saturated heterocycles. The van der Waals surface area contributed by atoms with Crippen LogP contribution in [0, 0.1) is 22.7 Å². The van der Waals surface area contributed by atoms with Crippen molar-refractivity contribution in [2.24, 2.45) is 0 Å². The molecular formula is C35H19N5. The minimum Gasteiger partial charge on any atom is -0.247 e. The topological polar surface area (TPSA) is 86.2 Å². The number of para-hydroxylation sites is 1. The monoisotopic (exact) mass is 509 g/mol. The molecule has 5 nitrogen and oxygen atoms in total. The van der Waals surface area contributed by atoms with Crippen molar-refractivity contribution in [3.05, 3.63) is 126 Å². The van der Waals surface area contributed by atoms with Crippen LogP contribution >= 0.6 is 0 Å². The first kappa shape index (κ1) is 23.2. The fourth-order valence-electron chi connectivity index (χ4n) is 5.29. The van der Waals surface area contributed by atoms with Gasteiger partial charge >= 0.3 is 0 Å². The molecule has 0 saturated carbocycles. The van der Waals surface area contributed by atoms with Gasteiger partial charge in [0.1, 0.15) is 0 Å². The van der Waals surface area contributed by atoms with E-state index in [-0.39, 0.29) is 0 Å². The zero-order valence-corrected chi connectivity index (χ0v) is 21.2. The van der Waals surface area contributed by atoms with Gasteiger partial charge in [0.15, 0.2) is 0 Å². The molecule has 0 N–H and O–H groups in total. The van der Waals surface area contributed by atoms with E-state index in [9.17, 15) is 10.5 Å². The average molecular weight is 510 g/mol. The van der Waals surface area contributed by atoms with E-state index in [1.54, 1.807) is 6.07 Å². The first-order valence-corrected chi connectivity index (χ1v) is 12.8. The fourth-order valence-corrected chi connectivity index (χ4v) is 5.29. The molecule has 2 heterocycles. The predicted octanol–water partition coefficient (Wildman–Crippen LogP) is 8.08. The van der Waals surface area contributed by atoms with Gasteiger partial charge in [-0.15, -0.1) is 0 Å². The van der Waals surface area contributed by atoms with Crippen LogP contribution in [-0.2, 0) is 0 Å². The Kier molecular flexibility index (Phi) is 5.48. The van der Waals surface area contributed by atoms with Crippen molar-refractivity contribution in [2.75, 3.05) is 0 Å². The van der Waals surface area contributed by atoms with Crippen molar-refractivity contribution in [2.45, 2.75) is 0 Å². The largest absolute Gasteiger partial charge is 0.247 e. The minimum absolute atomic E-state index is 0.500. The lowest BCUT2D eigenvalue weighted by Gasteiger charge is -2.16. The van der Waals surface area contributed by atoms with E-state index in [1.165, 1.54) is 0 Å². The van der Waals surface area contributed by atoms with Gasteiger partial charge in [-0.25, -0.2) is 15.0 Å². The standard InChI is InChI=1S/C35H19N5/c36-20-22-10-9-15-25(18-22)32-31-30(27-16-7-8-17-28(27)38-32)26(21-37)19-29-35(31)40-34(24-13-5-2-6-14-24)33(39-29)23-11-3-1-4-12-23/h1-19H. The first-order valence-electron chi connectivity index (χ1n) is 12.8. The number of benzene rings is 5. The Labute approximate surface area is 230 Å². The van der Waals surface area contributed by atoms with Crippen molar-refractivity contribution in [1.82, 2.24) is 15.0 Å². The van der Waals surface area contributed by atoms with Crippen molar-refractivity contribution >= 4 is 32.7 Å². The second kappa shape index (κ2) is 9.44. The zero-order chi connectivity index (χ0) is 27.1. The molecule has 0 aliphatic carbocycles. The number of pyridine rings is 1. The third kappa shape index (κ3) is 3.74. The van der Waals surface area contributed by atoms with Crippen molar-refractivity contribution in [1.29, 1.82) is 10.5 Å². The quantitative estimate of drug-likeness (QED) is 0.225. The summed E-state index contributed by atoms with van der Waals surface area (Å²) in [6, 6.07) is 41.6. The van der Waals surface area contributed by atoms with E-state index in [0.29, 0.717) is 27.9 Å². The molecule has 0 spiro atoms. The number of aromatic nitrogens is 3. The molecule has 0 aliphatic rings. The van der Waals surface area contributed by atoms with Gasteiger partial charge in [-0.2, -0.15) is 10.5 Å². The Morgan fingerprint density at radius 1 is 0.475 bits per heavy atom.